The van der Waals surface area contributed by atoms with E-state index in [1.54, 1.807) is 53.2 Å². The third-order valence-electron chi connectivity index (χ3n) is 9.97. The Morgan fingerprint density at radius 2 is 0.643 bits per heavy atom. The van der Waals surface area contributed by atoms with Crippen molar-refractivity contribution in [2.45, 2.75) is 0 Å². The number of H-pyrrole nitrogens is 2. The van der Waals surface area contributed by atoms with Crippen LogP contribution in [0.25, 0.3) is 90.9 Å². The molecule has 56 heavy (non-hydrogen) atoms. The van der Waals surface area contributed by atoms with Crippen LogP contribution in [0.5, 0.6) is 23.0 Å². The van der Waals surface area contributed by atoms with Gasteiger partial charge in [-0.05, 0) is 119 Å². The van der Waals surface area contributed by atoms with Crippen molar-refractivity contribution in [1.29, 1.82) is 0 Å². The lowest BCUT2D eigenvalue weighted by atomic mass is 10.0. The SMILES string of the molecule is COc1cc(OC)cc(-c2c3nc(c(-c4ccncc4)c4ccc([nH]4)c(-c4cc(OC)cc(OC)c4)c4nc(c(-c5ccncc5)c5ccc2[nH]5)C=C4)C=C3)c1. The first-order valence-electron chi connectivity index (χ1n) is 18.0. The van der Waals surface area contributed by atoms with E-state index in [1.165, 1.54) is 0 Å². The fourth-order valence-corrected chi connectivity index (χ4v) is 7.36. The van der Waals surface area contributed by atoms with Gasteiger partial charge in [0.1, 0.15) is 23.0 Å². The third kappa shape index (κ3) is 6.22. The van der Waals surface area contributed by atoms with Crippen LogP contribution in [0.4, 0.5) is 0 Å². The van der Waals surface area contributed by atoms with Crippen LogP contribution in [-0.2, 0) is 0 Å². The lowest BCUT2D eigenvalue weighted by molar-refractivity contribution is 0.394. The van der Waals surface area contributed by atoms with E-state index < -0.39 is 0 Å². The van der Waals surface area contributed by atoms with Gasteiger partial charge in [-0.1, -0.05) is 0 Å². The number of rotatable bonds is 8. The molecule has 0 saturated carbocycles. The number of aromatic nitrogens is 6. The quantitative estimate of drug-likeness (QED) is 0.158. The van der Waals surface area contributed by atoms with Gasteiger partial charge >= 0.3 is 0 Å². The fraction of sp³-hybridized carbons (Fsp3) is 0.0870. The molecule has 10 heteroatoms. The molecule has 0 radical (unpaired) electrons. The van der Waals surface area contributed by atoms with Crippen LogP contribution in [0, 0.1) is 0 Å². The van der Waals surface area contributed by atoms with Crippen LogP contribution in [0.2, 0.25) is 0 Å². The number of pyridine rings is 2. The summed E-state index contributed by atoms with van der Waals surface area (Å²) in [5.74, 6) is 2.66. The summed E-state index contributed by atoms with van der Waals surface area (Å²) in [6, 6.07) is 28.0. The number of nitrogens with zero attached hydrogens (tertiary/aromatic N) is 4. The Labute approximate surface area is 322 Å². The van der Waals surface area contributed by atoms with Crippen molar-refractivity contribution in [3.05, 3.63) is 132 Å². The van der Waals surface area contributed by atoms with Gasteiger partial charge in [-0.15, -0.1) is 0 Å². The molecule has 9 rings (SSSR count). The highest BCUT2D eigenvalue weighted by Crippen LogP contribution is 2.40. The molecule has 2 aromatic carbocycles. The molecule has 0 unspecified atom stereocenters. The Morgan fingerprint density at radius 1 is 0.357 bits per heavy atom. The third-order valence-corrected chi connectivity index (χ3v) is 9.97. The van der Waals surface area contributed by atoms with Gasteiger partial charge in [0, 0.05) is 81.2 Å². The van der Waals surface area contributed by atoms with Gasteiger partial charge in [-0.25, -0.2) is 9.97 Å². The number of hydrogen-bond acceptors (Lipinski definition) is 8. The largest absolute Gasteiger partial charge is 0.497 e. The summed E-state index contributed by atoms with van der Waals surface area (Å²) in [6.07, 6.45) is 15.4. The molecule has 2 aliphatic rings. The summed E-state index contributed by atoms with van der Waals surface area (Å²) >= 11 is 0. The van der Waals surface area contributed by atoms with Crippen molar-refractivity contribution < 1.29 is 18.9 Å². The highest BCUT2D eigenvalue weighted by molar-refractivity contribution is 6.00. The van der Waals surface area contributed by atoms with E-state index in [0.29, 0.717) is 23.0 Å². The Hall–Kier alpha value is -7.46. The minimum absolute atomic E-state index is 0.666. The lowest BCUT2D eigenvalue weighted by Gasteiger charge is -2.10. The first-order chi connectivity index (χ1) is 27.5. The van der Waals surface area contributed by atoms with Crippen LogP contribution in [-0.4, -0.2) is 58.3 Å². The second-order valence-electron chi connectivity index (χ2n) is 13.2. The molecule has 274 valence electrons. The molecular weight excluding hydrogens is 701 g/mol. The number of benzene rings is 2. The van der Waals surface area contributed by atoms with Crippen LogP contribution in [0.1, 0.15) is 22.8 Å². The van der Waals surface area contributed by atoms with Crippen LogP contribution in [0.3, 0.4) is 0 Å². The smallest absolute Gasteiger partial charge is 0.123 e. The summed E-state index contributed by atoms with van der Waals surface area (Å²) in [5, 5.41) is 0. The average molecular weight is 737 g/mol. The number of aromatic amines is 2. The van der Waals surface area contributed by atoms with Gasteiger partial charge < -0.3 is 28.9 Å². The van der Waals surface area contributed by atoms with Gasteiger partial charge in [0.05, 0.1) is 51.2 Å². The molecule has 2 aliphatic heterocycles. The van der Waals surface area contributed by atoms with Gasteiger partial charge in [0.15, 0.2) is 0 Å². The van der Waals surface area contributed by atoms with Gasteiger partial charge in [-0.3, -0.25) is 9.97 Å². The lowest BCUT2D eigenvalue weighted by Crippen LogP contribution is -1.92. The Bertz CT molecular complexity index is 2620. The van der Waals surface area contributed by atoms with E-state index in [-0.39, 0.29) is 0 Å². The highest BCUT2D eigenvalue weighted by atomic mass is 16.5. The first kappa shape index (κ1) is 34.3. The van der Waals surface area contributed by atoms with Gasteiger partial charge in [0.2, 0.25) is 0 Å². The first-order valence-corrected chi connectivity index (χ1v) is 18.0. The minimum atomic E-state index is 0.666. The topological polar surface area (TPSA) is 120 Å². The van der Waals surface area contributed by atoms with E-state index in [0.717, 1.165) is 89.4 Å². The van der Waals surface area contributed by atoms with Gasteiger partial charge in [0.25, 0.3) is 0 Å². The van der Waals surface area contributed by atoms with Crippen LogP contribution >= 0.6 is 0 Å². The molecule has 0 atom stereocenters. The average Bonchev–Trinajstić information content (AvgIpc) is 4.09. The summed E-state index contributed by atoms with van der Waals surface area (Å²) in [7, 11) is 6.61. The molecule has 0 spiro atoms. The molecule has 7 heterocycles. The number of ether oxygens (including phenoxy) is 4. The maximum atomic E-state index is 5.73. The molecule has 7 aromatic rings. The van der Waals surface area contributed by atoms with Crippen molar-refractivity contribution in [2.24, 2.45) is 0 Å². The van der Waals surface area contributed by atoms with Crippen LogP contribution in [0.15, 0.2) is 110 Å². The zero-order valence-electron chi connectivity index (χ0n) is 31.1. The number of fused-ring (bicyclic) bond motifs is 8. The van der Waals surface area contributed by atoms with E-state index >= 15 is 0 Å². The zero-order chi connectivity index (χ0) is 38.2. The van der Waals surface area contributed by atoms with Gasteiger partial charge in [-0.2, -0.15) is 0 Å². The molecule has 0 fully saturated rings. The molecule has 0 saturated heterocycles. The van der Waals surface area contributed by atoms with E-state index in [2.05, 4.69) is 68.5 Å². The van der Waals surface area contributed by atoms with E-state index in [4.69, 9.17) is 28.9 Å². The zero-order valence-corrected chi connectivity index (χ0v) is 31.1. The molecule has 2 N–H and O–H groups in total. The number of nitrogens with one attached hydrogen (secondary N) is 2. The Morgan fingerprint density at radius 3 is 0.929 bits per heavy atom. The monoisotopic (exact) mass is 736 g/mol. The van der Waals surface area contributed by atoms with Crippen molar-refractivity contribution in [1.82, 2.24) is 29.9 Å². The molecule has 5 aromatic heterocycles. The van der Waals surface area contributed by atoms with Crippen molar-refractivity contribution in [3.63, 3.8) is 0 Å². The fourth-order valence-electron chi connectivity index (χ4n) is 7.36. The second kappa shape index (κ2) is 14.4. The highest BCUT2D eigenvalue weighted by Gasteiger charge is 2.20. The summed E-state index contributed by atoms with van der Waals surface area (Å²) < 4.78 is 22.9. The summed E-state index contributed by atoms with van der Waals surface area (Å²) in [5.41, 5.74) is 13.8. The predicted octanol–water partition coefficient (Wildman–Crippen LogP) is 10.1. The standard InChI is InChI=1S/C46H36N6O4/c1-53-31-21-29(22-32(25-31)54-2)45-39-9-5-35(49-39)43(27-13-17-47-18-14-27)37-7-11-41(51-37)46(30-23-33(55-3)26-34(24-30)56-4)42-12-8-38(52-42)44(28-15-19-48-20-16-28)36-6-10-40(45)50-36/h5-26,49,52H,1-4H3. The van der Waals surface area contributed by atoms with Crippen LogP contribution < -0.4 is 18.9 Å². The molecule has 0 amide bonds. The second-order valence-corrected chi connectivity index (χ2v) is 13.2. The van der Waals surface area contributed by atoms with Crippen molar-refractivity contribution in [3.8, 4) is 67.5 Å². The Balaban J connectivity index is 1.48. The van der Waals surface area contributed by atoms with Crippen molar-refractivity contribution in [2.75, 3.05) is 28.4 Å². The summed E-state index contributed by atoms with van der Waals surface area (Å²) in [4.78, 5) is 26.9. The number of methoxy groups -OCH3 is 4. The summed E-state index contributed by atoms with van der Waals surface area (Å²) in [6.45, 7) is 0. The van der Waals surface area contributed by atoms with E-state index in [1.807, 2.05) is 60.7 Å². The number of hydrogen-bond donors (Lipinski definition) is 2. The molecule has 10 nitrogen and oxygen atoms in total. The van der Waals surface area contributed by atoms with E-state index in [9.17, 15) is 0 Å². The molecular formula is C46H36N6O4. The normalized spacial score (nSPS) is 11.8. The Kier molecular flexibility index (Phi) is 8.83. The predicted molar refractivity (Wildman–Crippen MR) is 222 cm³/mol. The molecule has 8 bridgehead atoms. The minimum Gasteiger partial charge on any atom is -0.497 e. The maximum absolute atomic E-state index is 5.73. The maximum Gasteiger partial charge on any atom is 0.123 e. The van der Waals surface area contributed by atoms with Crippen molar-refractivity contribution >= 4 is 46.4 Å². The molecule has 0 aliphatic carbocycles.